The number of carbonyl (C=O) groups excluding carboxylic acids is 1. The molecule has 0 radical (unpaired) electrons. The van der Waals surface area contributed by atoms with Gasteiger partial charge in [0.15, 0.2) is 5.16 Å². The molecule has 3 rings (SSSR count). The molecule has 2 aromatic carbocycles. The van der Waals surface area contributed by atoms with E-state index in [4.69, 9.17) is 9.47 Å². The first kappa shape index (κ1) is 19.8. The molecule has 0 bridgehead atoms. The van der Waals surface area contributed by atoms with E-state index in [9.17, 15) is 4.79 Å². The smallest absolute Gasteiger partial charge is 0.230 e. The minimum absolute atomic E-state index is 0.0151. The monoisotopic (exact) mass is 397 g/mol. The summed E-state index contributed by atoms with van der Waals surface area (Å²) in [6.45, 7) is 0.593. The van der Waals surface area contributed by atoms with Gasteiger partial charge in [0.25, 0.3) is 0 Å². The summed E-state index contributed by atoms with van der Waals surface area (Å²) >= 11 is 1.40. The van der Waals surface area contributed by atoms with E-state index in [1.54, 1.807) is 20.4 Å². The molecule has 1 aromatic heterocycles. The second kappa shape index (κ2) is 9.85. The van der Waals surface area contributed by atoms with Crippen LogP contribution in [0.5, 0.6) is 11.5 Å². The highest BCUT2D eigenvalue weighted by Crippen LogP contribution is 2.23. The second-order valence-corrected chi connectivity index (χ2v) is 6.96. The standard InChI is InChI=1S/C21H23N3O3S/c1-26-18-8-6-16(7-9-18)10-11-22-20(25)15-28-21-23-12-13-24(21)17-4-3-5-19(14-17)27-2/h3-9,12-14H,10-11,15H2,1-2H3,(H,22,25). The third-order valence-electron chi connectivity index (χ3n) is 4.17. The molecule has 1 amide bonds. The lowest BCUT2D eigenvalue weighted by Crippen LogP contribution is -2.27. The molecule has 0 aliphatic heterocycles. The number of hydrogen-bond acceptors (Lipinski definition) is 5. The Morgan fingerprint density at radius 1 is 1.11 bits per heavy atom. The largest absolute Gasteiger partial charge is 0.497 e. The van der Waals surface area contributed by atoms with Gasteiger partial charge in [0.2, 0.25) is 5.91 Å². The molecule has 0 aliphatic carbocycles. The van der Waals surface area contributed by atoms with Crippen LogP contribution in [0.4, 0.5) is 0 Å². The number of amides is 1. The number of imidazole rings is 1. The van der Waals surface area contributed by atoms with Gasteiger partial charge in [-0.25, -0.2) is 4.98 Å². The SMILES string of the molecule is COc1ccc(CCNC(=O)CSc2nccn2-c2cccc(OC)c2)cc1. The minimum Gasteiger partial charge on any atom is -0.497 e. The van der Waals surface area contributed by atoms with Crippen molar-refractivity contribution in [2.24, 2.45) is 0 Å². The van der Waals surface area contributed by atoms with E-state index in [1.165, 1.54) is 11.8 Å². The van der Waals surface area contributed by atoms with Gasteiger partial charge in [-0.2, -0.15) is 0 Å². The van der Waals surface area contributed by atoms with Crippen molar-refractivity contribution < 1.29 is 14.3 Å². The van der Waals surface area contributed by atoms with Crippen molar-refractivity contribution in [2.75, 3.05) is 26.5 Å². The van der Waals surface area contributed by atoms with Crippen LogP contribution < -0.4 is 14.8 Å². The summed E-state index contributed by atoms with van der Waals surface area (Å²) in [6, 6.07) is 15.6. The summed E-state index contributed by atoms with van der Waals surface area (Å²) in [5, 5.41) is 3.71. The summed E-state index contributed by atoms with van der Waals surface area (Å²) in [7, 11) is 3.28. The zero-order valence-electron chi connectivity index (χ0n) is 15.9. The fourth-order valence-corrected chi connectivity index (χ4v) is 3.48. The maximum absolute atomic E-state index is 12.2. The summed E-state index contributed by atoms with van der Waals surface area (Å²) < 4.78 is 12.4. The number of hydrogen-bond donors (Lipinski definition) is 1. The van der Waals surface area contributed by atoms with Crippen LogP contribution in [0, 0.1) is 0 Å². The van der Waals surface area contributed by atoms with E-state index in [0.717, 1.165) is 34.3 Å². The van der Waals surface area contributed by atoms with Gasteiger partial charge in [-0.05, 0) is 36.2 Å². The highest BCUT2D eigenvalue weighted by atomic mass is 32.2. The van der Waals surface area contributed by atoms with Gasteiger partial charge in [-0.15, -0.1) is 0 Å². The molecule has 3 aromatic rings. The number of nitrogens with zero attached hydrogens (tertiary/aromatic N) is 2. The predicted octanol–water partition coefficient (Wildman–Crippen LogP) is 3.34. The first-order chi connectivity index (χ1) is 13.7. The van der Waals surface area contributed by atoms with Crippen molar-refractivity contribution in [3.05, 3.63) is 66.5 Å². The molecular weight excluding hydrogens is 374 g/mol. The number of rotatable bonds is 9. The predicted molar refractivity (Wildman–Crippen MR) is 111 cm³/mol. The van der Waals surface area contributed by atoms with Crippen LogP contribution in [0.2, 0.25) is 0 Å². The van der Waals surface area contributed by atoms with E-state index in [1.807, 2.05) is 59.3 Å². The Bertz CT molecular complexity index is 909. The first-order valence-corrected chi connectivity index (χ1v) is 9.88. The lowest BCUT2D eigenvalue weighted by molar-refractivity contribution is -0.118. The van der Waals surface area contributed by atoms with Crippen LogP contribution in [0.3, 0.4) is 0 Å². The van der Waals surface area contributed by atoms with Crippen LogP contribution in [0.25, 0.3) is 5.69 Å². The molecule has 0 aliphatic rings. The van der Waals surface area contributed by atoms with Gasteiger partial charge in [0, 0.05) is 25.0 Å². The number of nitrogens with one attached hydrogen (secondary N) is 1. The van der Waals surface area contributed by atoms with Gasteiger partial charge >= 0.3 is 0 Å². The maximum atomic E-state index is 12.2. The van der Waals surface area contributed by atoms with Gasteiger partial charge in [-0.3, -0.25) is 9.36 Å². The van der Waals surface area contributed by atoms with Crippen LogP contribution in [-0.2, 0) is 11.2 Å². The summed E-state index contributed by atoms with van der Waals surface area (Å²) in [6.07, 6.45) is 4.38. The third-order valence-corrected chi connectivity index (χ3v) is 5.13. The van der Waals surface area contributed by atoms with Gasteiger partial charge < -0.3 is 14.8 Å². The average Bonchev–Trinajstić information content (AvgIpc) is 3.21. The van der Waals surface area contributed by atoms with Gasteiger partial charge in [-0.1, -0.05) is 30.0 Å². The molecule has 0 spiro atoms. The number of aromatic nitrogens is 2. The number of ether oxygens (including phenoxy) is 2. The van der Waals surface area contributed by atoms with Crippen molar-refractivity contribution >= 4 is 17.7 Å². The zero-order valence-corrected chi connectivity index (χ0v) is 16.7. The molecule has 146 valence electrons. The molecule has 0 fully saturated rings. The van der Waals surface area contributed by atoms with Crippen LogP contribution in [0.15, 0.2) is 66.1 Å². The summed E-state index contributed by atoms with van der Waals surface area (Å²) in [4.78, 5) is 16.5. The Hall–Kier alpha value is -2.93. The van der Waals surface area contributed by atoms with Crippen molar-refractivity contribution in [3.8, 4) is 17.2 Å². The Morgan fingerprint density at radius 2 is 1.89 bits per heavy atom. The van der Waals surface area contributed by atoms with Crippen molar-refractivity contribution in [3.63, 3.8) is 0 Å². The van der Waals surface area contributed by atoms with E-state index in [0.29, 0.717) is 12.3 Å². The second-order valence-electron chi connectivity index (χ2n) is 6.02. The molecule has 0 saturated carbocycles. The fourth-order valence-electron chi connectivity index (χ4n) is 2.67. The molecule has 0 atom stereocenters. The maximum Gasteiger partial charge on any atom is 0.230 e. The fraction of sp³-hybridized carbons (Fsp3) is 0.238. The first-order valence-electron chi connectivity index (χ1n) is 8.90. The van der Waals surface area contributed by atoms with E-state index >= 15 is 0 Å². The highest BCUT2D eigenvalue weighted by molar-refractivity contribution is 7.99. The topological polar surface area (TPSA) is 65.4 Å². The van der Waals surface area contributed by atoms with E-state index in [2.05, 4.69) is 10.3 Å². The highest BCUT2D eigenvalue weighted by Gasteiger charge is 2.09. The molecule has 28 heavy (non-hydrogen) atoms. The quantitative estimate of drug-likeness (QED) is 0.561. The lowest BCUT2D eigenvalue weighted by atomic mass is 10.1. The van der Waals surface area contributed by atoms with Gasteiger partial charge in [0.05, 0.1) is 25.7 Å². The Kier molecular flexibility index (Phi) is 6.97. The molecular formula is C21H23N3O3S. The van der Waals surface area contributed by atoms with Gasteiger partial charge in [0.1, 0.15) is 11.5 Å². The Labute approximate surface area is 168 Å². The number of methoxy groups -OCH3 is 2. The molecule has 1 N–H and O–H groups in total. The molecule has 1 heterocycles. The Balaban J connectivity index is 1.49. The van der Waals surface area contributed by atoms with Crippen molar-refractivity contribution in [1.82, 2.24) is 14.9 Å². The van der Waals surface area contributed by atoms with Crippen LogP contribution in [0.1, 0.15) is 5.56 Å². The average molecular weight is 398 g/mol. The molecule has 0 unspecified atom stereocenters. The summed E-state index contributed by atoms with van der Waals surface area (Å²) in [5.74, 6) is 1.90. The molecule has 7 heteroatoms. The zero-order chi connectivity index (χ0) is 19.8. The van der Waals surface area contributed by atoms with Crippen molar-refractivity contribution in [1.29, 1.82) is 0 Å². The van der Waals surface area contributed by atoms with E-state index in [-0.39, 0.29) is 5.91 Å². The number of thioether (sulfide) groups is 1. The minimum atomic E-state index is -0.0151. The van der Waals surface area contributed by atoms with E-state index < -0.39 is 0 Å². The lowest BCUT2D eigenvalue weighted by Gasteiger charge is -2.09. The Morgan fingerprint density at radius 3 is 2.64 bits per heavy atom. The summed E-state index contributed by atoms with van der Waals surface area (Å²) in [5.41, 5.74) is 2.10. The molecule has 6 nitrogen and oxygen atoms in total. The third kappa shape index (κ3) is 5.29. The van der Waals surface area contributed by atoms with Crippen LogP contribution >= 0.6 is 11.8 Å². The number of carbonyl (C=O) groups is 1. The normalized spacial score (nSPS) is 10.5. The molecule has 0 saturated heterocycles. The van der Waals surface area contributed by atoms with Crippen LogP contribution in [-0.4, -0.2) is 42.0 Å². The number of benzene rings is 2. The van der Waals surface area contributed by atoms with Crippen molar-refractivity contribution in [2.45, 2.75) is 11.6 Å².